The molecule has 0 aliphatic carbocycles. The van der Waals surface area contributed by atoms with Gasteiger partial charge in [0.2, 0.25) is 0 Å². The van der Waals surface area contributed by atoms with E-state index in [-0.39, 0.29) is 11.1 Å². The van der Waals surface area contributed by atoms with Gasteiger partial charge in [0.15, 0.2) is 0 Å². The lowest BCUT2D eigenvalue weighted by Crippen LogP contribution is -1.93. The van der Waals surface area contributed by atoms with Crippen molar-refractivity contribution in [2.24, 2.45) is 0 Å². The number of nitrogens with zero attached hydrogens (tertiary/aromatic N) is 6. The number of benzene rings is 2. The molecule has 0 aromatic heterocycles. The SMILES string of the molecule is N#Cc1cc([N+](=O)[O-])cc([N+](=O)[O-])c1.N#Cc1cc([N+](=O)[O-])cc([N+](=O)[O-])c1. The van der Waals surface area contributed by atoms with E-state index in [4.69, 9.17) is 10.5 Å². The molecule has 140 valence electrons. The van der Waals surface area contributed by atoms with E-state index in [0.717, 1.165) is 36.4 Å². The lowest BCUT2D eigenvalue weighted by Gasteiger charge is -1.93. The van der Waals surface area contributed by atoms with Crippen molar-refractivity contribution in [2.45, 2.75) is 0 Å². The average Bonchev–Trinajstić information content (AvgIpc) is 2.67. The lowest BCUT2D eigenvalue weighted by molar-refractivity contribution is -0.394. The zero-order valence-corrected chi connectivity index (χ0v) is 13.4. The van der Waals surface area contributed by atoms with Crippen molar-refractivity contribution in [3.05, 3.63) is 88.0 Å². The fraction of sp³-hybridized carbons (Fsp3) is 0. The normalized spacial score (nSPS) is 9.07. The second kappa shape index (κ2) is 8.92. The fourth-order valence-electron chi connectivity index (χ4n) is 1.74. The molecule has 0 radical (unpaired) electrons. The van der Waals surface area contributed by atoms with Crippen LogP contribution in [0.4, 0.5) is 22.7 Å². The molecule has 2 aromatic carbocycles. The van der Waals surface area contributed by atoms with Crippen LogP contribution in [0.3, 0.4) is 0 Å². The molecule has 0 heterocycles. The first-order chi connectivity index (χ1) is 13.1. The molecule has 0 amide bonds. The Morgan fingerprint density at radius 2 is 0.750 bits per heavy atom. The highest BCUT2D eigenvalue weighted by Crippen LogP contribution is 2.22. The molecular formula is C14H6N6O8. The smallest absolute Gasteiger partial charge is 0.258 e. The number of nitro benzene ring substituents is 4. The van der Waals surface area contributed by atoms with Gasteiger partial charge in [-0.1, -0.05) is 0 Å². The Hall–Kier alpha value is -4.98. The van der Waals surface area contributed by atoms with Crippen molar-refractivity contribution < 1.29 is 19.7 Å². The van der Waals surface area contributed by atoms with Crippen LogP contribution in [-0.4, -0.2) is 19.7 Å². The zero-order chi connectivity index (χ0) is 21.4. The highest BCUT2D eigenvalue weighted by Gasteiger charge is 2.16. The van der Waals surface area contributed by atoms with Crippen LogP contribution in [-0.2, 0) is 0 Å². The number of hydrogen-bond donors (Lipinski definition) is 0. The average molecular weight is 386 g/mol. The van der Waals surface area contributed by atoms with Crippen molar-refractivity contribution >= 4 is 22.7 Å². The molecule has 14 nitrogen and oxygen atoms in total. The first-order valence-electron chi connectivity index (χ1n) is 6.77. The van der Waals surface area contributed by atoms with Crippen molar-refractivity contribution in [2.75, 3.05) is 0 Å². The first-order valence-corrected chi connectivity index (χ1v) is 6.77. The first kappa shape index (κ1) is 21.1. The van der Waals surface area contributed by atoms with Crippen LogP contribution in [0.5, 0.6) is 0 Å². The van der Waals surface area contributed by atoms with E-state index in [1.54, 1.807) is 12.1 Å². The summed E-state index contributed by atoms with van der Waals surface area (Å²) in [6.07, 6.45) is 0. The van der Waals surface area contributed by atoms with Crippen molar-refractivity contribution in [3.63, 3.8) is 0 Å². The highest BCUT2D eigenvalue weighted by atomic mass is 16.6. The number of non-ortho nitro benzene ring substituents is 4. The summed E-state index contributed by atoms with van der Waals surface area (Å²) in [7, 11) is 0. The van der Waals surface area contributed by atoms with Gasteiger partial charge in [0, 0.05) is 24.3 Å². The third-order valence-electron chi connectivity index (χ3n) is 2.91. The summed E-state index contributed by atoms with van der Waals surface area (Å²) in [5, 5.41) is 58.2. The maximum absolute atomic E-state index is 10.3. The van der Waals surface area contributed by atoms with Gasteiger partial charge in [0.25, 0.3) is 22.7 Å². The van der Waals surface area contributed by atoms with Gasteiger partial charge in [-0.25, -0.2) is 0 Å². The van der Waals surface area contributed by atoms with E-state index in [1.165, 1.54) is 0 Å². The molecule has 0 fully saturated rings. The Balaban J connectivity index is 0.000000280. The van der Waals surface area contributed by atoms with E-state index >= 15 is 0 Å². The third kappa shape index (κ3) is 5.53. The highest BCUT2D eigenvalue weighted by molar-refractivity contribution is 5.51. The molecule has 2 rings (SSSR count). The van der Waals surface area contributed by atoms with Gasteiger partial charge in [-0.3, -0.25) is 40.5 Å². The van der Waals surface area contributed by atoms with E-state index in [0.29, 0.717) is 0 Å². The summed E-state index contributed by atoms with van der Waals surface area (Å²) in [6.45, 7) is 0. The minimum atomic E-state index is -0.784. The monoisotopic (exact) mass is 386 g/mol. The van der Waals surface area contributed by atoms with Gasteiger partial charge < -0.3 is 0 Å². The van der Waals surface area contributed by atoms with Crippen LogP contribution in [0.25, 0.3) is 0 Å². The van der Waals surface area contributed by atoms with Crippen LogP contribution in [0.1, 0.15) is 11.1 Å². The topological polar surface area (TPSA) is 220 Å². The van der Waals surface area contributed by atoms with E-state index in [9.17, 15) is 40.5 Å². The second-order valence-electron chi connectivity index (χ2n) is 4.73. The molecule has 14 heteroatoms. The Morgan fingerprint density at radius 1 is 0.536 bits per heavy atom. The number of nitro groups is 4. The minimum absolute atomic E-state index is 0.106. The zero-order valence-electron chi connectivity index (χ0n) is 13.4. The summed E-state index contributed by atoms with van der Waals surface area (Å²) < 4.78 is 0. The van der Waals surface area contributed by atoms with Crippen LogP contribution in [0, 0.1) is 63.1 Å². The molecule has 0 saturated heterocycles. The summed E-state index contributed by atoms with van der Waals surface area (Å²) in [5.74, 6) is 0. The molecule has 0 spiro atoms. The summed E-state index contributed by atoms with van der Waals surface area (Å²) >= 11 is 0. The molecule has 0 saturated carbocycles. The summed E-state index contributed by atoms with van der Waals surface area (Å²) in [5.41, 5.74) is -2.06. The van der Waals surface area contributed by atoms with E-state index < -0.39 is 42.4 Å². The van der Waals surface area contributed by atoms with Crippen LogP contribution in [0.2, 0.25) is 0 Å². The predicted molar refractivity (Wildman–Crippen MR) is 88.9 cm³/mol. The molecule has 2 aromatic rings. The third-order valence-corrected chi connectivity index (χ3v) is 2.91. The Labute approximate surface area is 154 Å². The molecule has 0 atom stereocenters. The van der Waals surface area contributed by atoms with Gasteiger partial charge in [0.05, 0.1) is 55.1 Å². The standard InChI is InChI=1S/2C7H3N3O4/c2*8-4-5-1-6(9(11)12)3-7(2-5)10(13)14/h2*1-3H. The fourth-order valence-corrected chi connectivity index (χ4v) is 1.74. The van der Waals surface area contributed by atoms with Crippen molar-refractivity contribution in [1.29, 1.82) is 10.5 Å². The lowest BCUT2D eigenvalue weighted by atomic mass is 10.2. The summed E-state index contributed by atoms with van der Waals surface area (Å²) in [6, 6.07) is 8.75. The van der Waals surface area contributed by atoms with Gasteiger partial charge in [-0.15, -0.1) is 0 Å². The molecular weight excluding hydrogens is 380 g/mol. The van der Waals surface area contributed by atoms with Crippen LogP contribution < -0.4 is 0 Å². The van der Waals surface area contributed by atoms with Crippen molar-refractivity contribution in [1.82, 2.24) is 0 Å². The number of hydrogen-bond acceptors (Lipinski definition) is 10. The second-order valence-corrected chi connectivity index (χ2v) is 4.73. The van der Waals surface area contributed by atoms with Gasteiger partial charge >= 0.3 is 0 Å². The van der Waals surface area contributed by atoms with Gasteiger partial charge in [-0.05, 0) is 0 Å². The van der Waals surface area contributed by atoms with Crippen molar-refractivity contribution in [3.8, 4) is 12.1 Å². The number of nitriles is 2. The maximum Gasteiger partial charge on any atom is 0.277 e. The van der Waals surface area contributed by atoms with Crippen LogP contribution >= 0.6 is 0 Å². The molecule has 0 N–H and O–H groups in total. The molecule has 0 aliphatic heterocycles. The quantitative estimate of drug-likeness (QED) is 0.551. The molecule has 0 bridgehead atoms. The molecule has 0 unspecified atom stereocenters. The van der Waals surface area contributed by atoms with Gasteiger partial charge in [0.1, 0.15) is 0 Å². The Kier molecular flexibility index (Phi) is 6.71. The molecule has 0 aliphatic rings. The van der Waals surface area contributed by atoms with E-state index in [1.807, 2.05) is 0 Å². The predicted octanol–water partition coefficient (Wildman–Crippen LogP) is 2.75. The number of rotatable bonds is 4. The molecule has 28 heavy (non-hydrogen) atoms. The Morgan fingerprint density at radius 3 is 0.893 bits per heavy atom. The van der Waals surface area contributed by atoms with Gasteiger partial charge in [-0.2, -0.15) is 10.5 Å². The maximum atomic E-state index is 10.3. The Bertz CT molecular complexity index is 918. The van der Waals surface area contributed by atoms with Crippen LogP contribution in [0.15, 0.2) is 36.4 Å². The minimum Gasteiger partial charge on any atom is -0.258 e. The largest absolute Gasteiger partial charge is 0.277 e. The van der Waals surface area contributed by atoms with E-state index in [2.05, 4.69) is 0 Å². The summed E-state index contributed by atoms with van der Waals surface area (Å²) in [4.78, 5) is 38.1.